The molecule has 0 aliphatic rings. The summed E-state index contributed by atoms with van der Waals surface area (Å²) in [4.78, 5) is 8.76. The zero-order valence-corrected chi connectivity index (χ0v) is 11.2. The summed E-state index contributed by atoms with van der Waals surface area (Å²) in [6.45, 7) is 7.85. The van der Waals surface area contributed by atoms with Gasteiger partial charge in [0, 0.05) is 6.54 Å². The van der Waals surface area contributed by atoms with Crippen molar-refractivity contribution in [2.45, 2.75) is 40.0 Å². The van der Waals surface area contributed by atoms with Gasteiger partial charge in [-0.3, -0.25) is 4.98 Å². The summed E-state index contributed by atoms with van der Waals surface area (Å²) in [5.41, 5.74) is 7.59. The van der Waals surface area contributed by atoms with Crippen molar-refractivity contribution < 1.29 is 0 Å². The molecule has 0 aliphatic heterocycles. The van der Waals surface area contributed by atoms with E-state index in [1.807, 2.05) is 13.8 Å². The smallest absolute Gasteiger partial charge is 0.144 e. The van der Waals surface area contributed by atoms with Gasteiger partial charge in [0.1, 0.15) is 5.82 Å². The minimum atomic E-state index is 0.633. The molecule has 4 heteroatoms. The SMILES string of the molecule is CCCC(CCN)CNc1cnc(C)c(C)n1. The molecule has 0 amide bonds. The second kappa shape index (κ2) is 7.22. The molecule has 1 rings (SSSR count). The third-order valence-electron chi connectivity index (χ3n) is 3.04. The van der Waals surface area contributed by atoms with Crippen LogP contribution in [0.25, 0.3) is 0 Å². The van der Waals surface area contributed by atoms with Gasteiger partial charge < -0.3 is 11.1 Å². The maximum atomic E-state index is 5.62. The number of aryl methyl sites for hydroxylation is 2. The van der Waals surface area contributed by atoms with E-state index in [-0.39, 0.29) is 0 Å². The average molecular weight is 236 g/mol. The standard InChI is InChI=1S/C13H24N4/c1-4-5-12(6-7-14)8-16-13-9-15-10(2)11(3)17-13/h9,12H,4-8,14H2,1-3H3,(H,16,17). The van der Waals surface area contributed by atoms with Gasteiger partial charge in [-0.25, -0.2) is 4.98 Å². The topological polar surface area (TPSA) is 63.8 Å². The first kappa shape index (κ1) is 13.9. The fraction of sp³-hybridized carbons (Fsp3) is 0.692. The fourth-order valence-electron chi connectivity index (χ4n) is 1.87. The largest absolute Gasteiger partial charge is 0.369 e. The minimum absolute atomic E-state index is 0.633. The second-order valence-corrected chi connectivity index (χ2v) is 4.54. The highest BCUT2D eigenvalue weighted by atomic mass is 15.0. The predicted octanol–water partition coefficient (Wildman–Crippen LogP) is 2.27. The summed E-state index contributed by atoms with van der Waals surface area (Å²) in [7, 11) is 0. The minimum Gasteiger partial charge on any atom is -0.369 e. The van der Waals surface area contributed by atoms with E-state index < -0.39 is 0 Å². The average Bonchev–Trinajstić information content (AvgIpc) is 2.31. The van der Waals surface area contributed by atoms with Gasteiger partial charge >= 0.3 is 0 Å². The number of nitrogens with zero attached hydrogens (tertiary/aromatic N) is 2. The van der Waals surface area contributed by atoms with Crippen LogP contribution in [0.15, 0.2) is 6.20 Å². The van der Waals surface area contributed by atoms with Crippen LogP contribution in [0.5, 0.6) is 0 Å². The molecule has 0 saturated carbocycles. The van der Waals surface area contributed by atoms with Gasteiger partial charge in [-0.15, -0.1) is 0 Å². The van der Waals surface area contributed by atoms with Gasteiger partial charge in [0.25, 0.3) is 0 Å². The van der Waals surface area contributed by atoms with Crippen molar-refractivity contribution in [1.29, 1.82) is 0 Å². The fourth-order valence-corrected chi connectivity index (χ4v) is 1.87. The van der Waals surface area contributed by atoms with E-state index in [0.29, 0.717) is 5.92 Å². The van der Waals surface area contributed by atoms with Crippen molar-refractivity contribution >= 4 is 5.82 Å². The van der Waals surface area contributed by atoms with Crippen LogP contribution < -0.4 is 11.1 Å². The number of nitrogens with one attached hydrogen (secondary N) is 1. The number of nitrogens with two attached hydrogens (primary N) is 1. The summed E-state index contributed by atoms with van der Waals surface area (Å²) in [6.07, 6.45) is 5.28. The molecule has 1 heterocycles. The van der Waals surface area contributed by atoms with Crippen molar-refractivity contribution in [2.24, 2.45) is 11.7 Å². The Morgan fingerprint density at radius 1 is 1.29 bits per heavy atom. The molecule has 0 aromatic carbocycles. The van der Waals surface area contributed by atoms with Gasteiger partial charge in [0.05, 0.1) is 17.6 Å². The van der Waals surface area contributed by atoms with Crippen LogP contribution in [0.4, 0.5) is 5.82 Å². The lowest BCUT2D eigenvalue weighted by atomic mass is 10.00. The first-order valence-corrected chi connectivity index (χ1v) is 6.41. The Morgan fingerprint density at radius 3 is 2.65 bits per heavy atom. The zero-order valence-electron chi connectivity index (χ0n) is 11.2. The number of anilines is 1. The molecule has 0 spiro atoms. The van der Waals surface area contributed by atoms with Crippen LogP contribution in [-0.2, 0) is 0 Å². The Labute approximate surface area is 104 Å². The van der Waals surface area contributed by atoms with E-state index >= 15 is 0 Å². The molecule has 4 nitrogen and oxygen atoms in total. The van der Waals surface area contributed by atoms with Crippen LogP contribution >= 0.6 is 0 Å². The molecule has 0 aliphatic carbocycles. The highest BCUT2D eigenvalue weighted by molar-refractivity contribution is 5.33. The molecule has 17 heavy (non-hydrogen) atoms. The Morgan fingerprint density at radius 2 is 2.06 bits per heavy atom. The molecule has 1 unspecified atom stereocenters. The van der Waals surface area contributed by atoms with E-state index in [1.165, 1.54) is 12.8 Å². The Hall–Kier alpha value is -1.16. The third kappa shape index (κ3) is 4.69. The lowest BCUT2D eigenvalue weighted by Crippen LogP contribution is -2.18. The van der Waals surface area contributed by atoms with E-state index in [2.05, 4.69) is 22.2 Å². The maximum absolute atomic E-state index is 5.62. The van der Waals surface area contributed by atoms with Gasteiger partial charge in [-0.2, -0.15) is 0 Å². The molecule has 96 valence electrons. The highest BCUT2D eigenvalue weighted by Crippen LogP contribution is 2.12. The summed E-state index contributed by atoms with van der Waals surface area (Å²) < 4.78 is 0. The van der Waals surface area contributed by atoms with E-state index in [9.17, 15) is 0 Å². The van der Waals surface area contributed by atoms with Gasteiger partial charge in [-0.05, 0) is 39.2 Å². The van der Waals surface area contributed by atoms with E-state index in [0.717, 1.165) is 36.7 Å². The molecular weight excluding hydrogens is 212 g/mol. The van der Waals surface area contributed by atoms with Crippen molar-refractivity contribution in [3.8, 4) is 0 Å². The Balaban J connectivity index is 2.49. The molecule has 1 atom stereocenters. The van der Waals surface area contributed by atoms with Crippen molar-refractivity contribution in [3.05, 3.63) is 17.6 Å². The summed E-state index contributed by atoms with van der Waals surface area (Å²) in [5, 5.41) is 3.35. The highest BCUT2D eigenvalue weighted by Gasteiger charge is 2.07. The Kier molecular flexibility index (Phi) is 5.91. The van der Waals surface area contributed by atoms with Crippen LogP contribution in [0.3, 0.4) is 0 Å². The zero-order chi connectivity index (χ0) is 12.7. The van der Waals surface area contributed by atoms with Gasteiger partial charge in [0.2, 0.25) is 0 Å². The first-order valence-electron chi connectivity index (χ1n) is 6.41. The van der Waals surface area contributed by atoms with Gasteiger partial charge in [0.15, 0.2) is 0 Å². The molecule has 0 fully saturated rings. The molecule has 0 bridgehead atoms. The van der Waals surface area contributed by atoms with Crippen molar-refractivity contribution in [3.63, 3.8) is 0 Å². The maximum Gasteiger partial charge on any atom is 0.144 e. The molecule has 0 saturated heterocycles. The number of aromatic nitrogens is 2. The predicted molar refractivity (Wildman–Crippen MR) is 72.1 cm³/mol. The number of rotatable bonds is 7. The summed E-state index contributed by atoms with van der Waals surface area (Å²) >= 11 is 0. The summed E-state index contributed by atoms with van der Waals surface area (Å²) in [6, 6.07) is 0. The molecule has 0 radical (unpaired) electrons. The van der Waals surface area contributed by atoms with Crippen molar-refractivity contribution in [2.75, 3.05) is 18.4 Å². The number of hydrogen-bond donors (Lipinski definition) is 2. The monoisotopic (exact) mass is 236 g/mol. The third-order valence-corrected chi connectivity index (χ3v) is 3.04. The normalized spacial score (nSPS) is 12.5. The van der Waals surface area contributed by atoms with E-state index in [4.69, 9.17) is 5.73 Å². The quantitative estimate of drug-likeness (QED) is 0.762. The number of hydrogen-bond acceptors (Lipinski definition) is 4. The van der Waals surface area contributed by atoms with Crippen molar-refractivity contribution in [1.82, 2.24) is 9.97 Å². The Bertz CT molecular complexity index is 332. The van der Waals surface area contributed by atoms with Crippen LogP contribution in [0, 0.1) is 19.8 Å². The lowest BCUT2D eigenvalue weighted by Gasteiger charge is -2.16. The van der Waals surface area contributed by atoms with Gasteiger partial charge in [-0.1, -0.05) is 13.3 Å². The second-order valence-electron chi connectivity index (χ2n) is 4.54. The summed E-state index contributed by atoms with van der Waals surface area (Å²) in [5.74, 6) is 1.50. The van der Waals surface area contributed by atoms with Crippen LogP contribution in [0.1, 0.15) is 37.6 Å². The first-order chi connectivity index (χ1) is 8.17. The molecule has 1 aromatic heterocycles. The molecular formula is C13H24N4. The van der Waals surface area contributed by atoms with E-state index in [1.54, 1.807) is 6.20 Å². The lowest BCUT2D eigenvalue weighted by molar-refractivity contribution is 0.473. The van der Waals surface area contributed by atoms with Crippen LogP contribution in [0.2, 0.25) is 0 Å². The van der Waals surface area contributed by atoms with Crippen LogP contribution in [-0.4, -0.2) is 23.1 Å². The molecule has 3 N–H and O–H groups in total. The molecule has 1 aromatic rings.